The monoisotopic (exact) mass is 426 g/mol. The van der Waals surface area contributed by atoms with Gasteiger partial charge in [-0.1, -0.05) is 88.8 Å². The van der Waals surface area contributed by atoms with E-state index in [0.717, 1.165) is 0 Å². The maximum absolute atomic E-state index is 2.49. The molecule has 2 rings (SSSR count). The Hall–Kier alpha value is -0.870. The van der Waals surface area contributed by atoms with Crippen LogP contribution in [-0.2, 0) is 0 Å². The zero-order chi connectivity index (χ0) is 23.6. The molecule has 1 aliphatic rings. The van der Waals surface area contributed by atoms with Crippen LogP contribution in [0.3, 0.4) is 0 Å². The van der Waals surface area contributed by atoms with Gasteiger partial charge in [-0.25, -0.2) is 0 Å². The van der Waals surface area contributed by atoms with Crippen LogP contribution in [0, 0.1) is 39.0 Å². The average Bonchev–Trinajstić information content (AvgIpc) is 2.79. The summed E-state index contributed by atoms with van der Waals surface area (Å²) in [6.07, 6.45) is 2.49. The van der Waals surface area contributed by atoms with Crippen molar-refractivity contribution in [3.63, 3.8) is 0 Å². The molecule has 0 nitrogen and oxygen atoms in total. The highest BCUT2D eigenvalue weighted by Gasteiger charge is 2.43. The molecule has 0 spiro atoms. The highest BCUT2D eigenvalue weighted by Crippen LogP contribution is 2.62. The van der Waals surface area contributed by atoms with Gasteiger partial charge in [-0.3, -0.25) is 0 Å². The molecule has 1 aliphatic carbocycles. The molecule has 1 aromatic carbocycles. The highest BCUT2D eigenvalue weighted by molar-refractivity contribution is 7.68. The number of benzene rings is 1. The van der Waals surface area contributed by atoms with Crippen LogP contribution in [-0.4, -0.2) is 10.3 Å². The van der Waals surface area contributed by atoms with E-state index >= 15 is 0 Å². The van der Waals surface area contributed by atoms with E-state index in [1.54, 1.807) is 22.0 Å². The van der Waals surface area contributed by atoms with E-state index in [-0.39, 0.29) is 15.7 Å². The fourth-order valence-corrected chi connectivity index (χ4v) is 9.87. The van der Waals surface area contributed by atoms with Gasteiger partial charge in [0, 0.05) is 5.41 Å². The molecular formula is C29H47P. The van der Waals surface area contributed by atoms with Crippen molar-refractivity contribution >= 4 is 18.8 Å². The summed E-state index contributed by atoms with van der Waals surface area (Å²) < 4.78 is 0. The Morgan fingerprint density at radius 1 is 0.733 bits per heavy atom. The van der Waals surface area contributed by atoms with Gasteiger partial charge in [0.2, 0.25) is 0 Å². The first-order chi connectivity index (χ1) is 13.3. The lowest BCUT2D eigenvalue weighted by Gasteiger charge is -2.45. The van der Waals surface area contributed by atoms with Gasteiger partial charge < -0.3 is 0 Å². The molecule has 1 heteroatoms. The van der Waals surface area contributed by atoms with Crippen molar-refractivity contribution in [1.82, 2.24) is 0 Å². The molecule has 0 saturated heterocycles. The van der Waals surface area contributed by atoms with Crippen molar-refractivity contribution in [3.8, 4) is 0 Å². The summed E-state index contributed by atoms with van der Waals surface area (Å²) in [7, 11) is -0.392. The molecule has 0 fully saturated rings. The SMILES string of the molecule is CC1=CC(C(C)C)=C(c2c(C)c(C)c(C)c(C)c2P(C(C)(C)C)C(C)(C)C)C1(C)C. The smallest absolute Gasteiger partial charge is 0.0115 e. The predicted octanol–water partition coefficient (Wildman–Crippen LogP) is 9.02. The third-order valence-electron chi connectivity index (χ3n) is 7.36. The van der Waals surface area contributed by atoms with E-state index in [1.165, 1.54) is 27.8 Å². The topological polar surface area (TPSA) is 0 Å². The molecule has 1 aromatic rings. The van der Waals surface area contributed by atoms with Gasteiger partial charge in [-0.2, -0.15) is 0 Å². The summed E-state index contributed by atoms with van der Waals surface area (Å²) >= 11 is 0. The third-order valence-corrected chi connectivity index (χ3v) is 11.1. The second kappa shape index (κ2) is 7.92. The number of hydrogen-bond acceptors (Lipinski definition) is 0. The van der Waals surface area contributed by atoms with Crippen molar-refractivity contribution in [2.45, 2.75) is 114 Å². The first-order valence-corrected chi connectivity index (χ1v) is 13.0. The summed E-state index contributed by atoms with van der Waals surface area (Å²) in [6, 6.07) is 0. The van der Waals surface area contributed by atoms with Gasteiger partial charge in [-0.15, -0.1) is 0 Å². The average molecular weight is 427 g/mol. The Morgan fingerprint density at radius 3 is 1.57 bits per heavy atom. The van der Waals surface area contributed by atoms with E-state index in [2.05, 4.69) is 110 Å². The first kappa shape index (κ1) is 25.4. The molecule has 168 valence electrons. The number of hydrogen-bond donors (Lipinski definition) is 0. The summed E-state index contributed by atoms with van der Waals surface area (Å²) in [6.45, 7) is 36.1. The summed E-state index contributed by atoms with van der Waals surface area (Å²) in [4.78, 5) is 0. The molecule has 0 atom stereocenters. The zero-order valence-corrected chi connectivity index (χ0v) is 23.5. The van der Waals surface area contributed by atoms with E-state index in [1.807, 2.05) is 0 Å². The fourth-order valence-electron chi connectivity index (χ4n) is 5.51. The van der Waals surface area contributed by atoms with Crippen LogP contribution in [0.15, 0.2) is 17.2 Å². The van der Waals surface area contributed by atoms with Crippen LogP contribution in [0.2, 0.25) is 0 Å². The normalized spacial score (nSPS) is 17.4. The maximum Gasteiger partial charge on any atom is 0.0115 e. The van der Waals surface area contributed by atoms with E-state index < -0.39 is 7.92 Å². The van der Waals surface area contributed by atoms with Gasteiger partial charge in [-0.05, 0) is 95.1 Å². The summed E-state index contributed by atoms with van der Waals surface area (Å²) in [5.41, 5.74) is 12.3. The fraction of sp³-hybridized carbons (Fsp3) is 0.655. The van der Waals surface area contributed by atoms with Crippen LogP contribution >= 0.6 is 7.92 Å². The van der Waals surface area contributed by atoms with Crippen molar-refractivity contribution in [3.05, 3.63) is 45.0 Å². The Balaban J connectivity index is 3.14. The molecule has 0 bridgehead atoms. The maximum atomic E-state index is 2.49. The second-order valence-corrected chi connectivity index (χ2v) is 16.1. The van der Waals surface area contributed by atoms with Crippen LogP contribution < -0.4 is 5.30 Å². The van der Waals surface area contributed by atoms with E-state index in [4.69, 9.17) is 0 Å². The van der Waals surface area contributed by atoms with Crippen LogP contribution in [0.1, 0.15) is 104 Å². The molecule has 0 unspecified atom stereocenters. The van der Waals surface area contributed by atoms with Crippen molar-refractivity contribution in [1.29, 1.82) is 0 Å². The minimum atomic E-state index is -0.392. The molecule has 30 heavy (non-hydrogen) atoms. The highest BCUT2D eigenvalue weighted by atomic mass is 31.1. The minimum Gasteiger partial charge on any atom is -0.0633 e. The quantitative estimate of drug-likeness (QED) is 0.423. The predicted molar refractivity (Wildman–Crippen MR) is 141 cm³/mol. The van der Waals surface area contributed by atoms with Crippen LogP contribution in [0.4, 0.5) is 0 Å². The van der Waals surface area contributed by atoms with E-state index in [9.17, 15) is 0 Å². The Morgan fingerprint density at radius 2 is 1.17 bits per heavy atom. The third kappa shape index (κ3) is 4.11. The summed E-state index contributed by atoms with van der Waals surface area (Å²) in [5.74, 6) is 0.529. The van der Waals surface area contributed by atoms with Gasteiger partial charge >= 0.3 is 0 Å². The molecule has 0 amide bonds. The van der Waals surface area contributed by atoms with Crippen LogP contribution in [0.25, 0.3) is 5.57 Å². The Bertz CT molecular complexity index is 891. The minimum absolute atomic E-state index is 0.0734. The van der Waals surface area contributed by atoms with Crippen LogP contribution in [0.5, 0.6) is 0 Å². The lowest BCUT2D eigenvalue weighted by molar-refractivity contribution is 0.609. The van der Waals surface area contributed by atoms with Crippen molar-refractivity contribution < 1.29 is 0 Å². The largest absolute Gasteiger partial charge is 0.0633 e. The lowest BCUT2D eigenvalue weighted by Crippen LogP contribution is -2.35. The van der Waals surface area contributed by atoms with Gasteiger partial charge in [0.1, 0.15) is 0 Å². The Labute approximate surface area is 189 Å². The molecule has 0 aliphatic heterocycles. The standard InChI is InChI=1S/C29H47P/c1-17(2)23-16-18(3)29(14,15)25(23)24-21(6)19(4)20(5)22(7)26(24)30(27(8,9)10)28(11,12)13/h16-17H,1-15H3. The van der Waals surface area contributed by atoms with E-state index in [0.29, 0.717) is 5.92 Å². The zero-order valence-electron chi connectivity index (χ0n) is 22.6. The number of allylic oxidation sites excluding steroid dienone is 4. The van der Waals surface area contributed by atoms with Gasteiger partial charge in [0.15, 0.2) is 0 Å². The molecule has 0 saturated carbocycles. The molecule has 0 radical (unpaired) electrons. The lowest BCUT2D eigenvalue weighted by atomic mass is 9.74. The van der Waals surface area contributed by atoms with Crippen molar-refractivity contribution in [2.24, 2.45) is 11.3 Å². The number of rotatable bonds is 3. The second-order valence-electron chi connectivity index (χ2n) is 12.3. The Kier molecular flexibility index (Phi) is 6.70. The molecule has 0 N–H and O–H groups in total. The molecule has 0 heterocycles. The molecular weight excluding hydrogens is 379 g/mol. The molecule has 0 aromatic heterocycles. The van der Waals surface area contributed by atoms with Crippen molar-refractivity contribution in [2.75, 3.05) is 0 Å². The van der Waals surface area contributed by atoms with Gasteiger partial charge in [0.25, 0.3) is 0 Å². The first-order valence-electron chi connectivity index (χ1n) is 11.7. The van der Waals surface area contributed by atoms with Gasteiger partial charge in [0.05, 0.1) is 0 Å². The summed E-state index contributed by atoms with van der Waals surface area (Å²) in [5, 5.41) is 2.14.